The van der Waals surface area contributed by atoms with E-state index in [1.54, 1.807) is 13.2 Å². The fourth-order valence-electron chi connectivity index (χ4n) is 2.31. The lowest BCUT2D eigenvalue weighted by atomic mass is 10.1. The van der Waals surface area contributed by atoms with Gasteiger partial charge < -0.3 is 14.6 Å². The number of aromatic nitrogens is 1. The quantitative estimate of drug-likeness (QED) is 0.918. The van der Waals surface area contributed by atoms with Gasteiger partial charge in [-0.25, -0.2) is 0 Å². The van der Waals surface area contributed by atoms with Gasteiger partial charge in [0.1, 0.15) is 5.75 Å². The van der Waals surface area contributed by atoms with Crippen LogP contribution in [0.25, 0.3) is 5.69 Å². The average molecular weight is 286 g/mol. The van der Waals surface area contributed by atoms with Crippen LogP contribution in [0.5, 0.6) is 5.75 Å². The van der Waals surface area contributed by atoms with Crippen molar-refractivity contribution >= 4 is 0 Å². The largest absolute Gasteiger partial charge is 0.495 e. The number of hydrogen-bond acceptors (Lipinski definition) is 3. The maximum absolute atomic E-state index is 12.1. The molecule has 0 aliphatic heterocycles. The van der Waals surface area contributed by atoms with E-state index in [1.807, 2.05) is 43.7 Å². The van der Waals surface area contributed by atoms with Gasteiger partial charge in [0.15, 0.2) is 5.43 Å². The van der Waals surface area contributed by atoms with Crippen molar-refractivity contribution in [3.63, 3.8) is 0 Å². The van der Waals surface area contributed by atoms with E-state index in [0.717, 1.165) is 34.8 Å². The second kappa shape index (κ2) is 6.59. The van der Waals surface area contributed by atoms with Crippen LogP contribution in [0.2, 0.25) is 0 Å². The lowest BCUT2D eigenvalue weighted by Crippen LogP contribution is -2.21. The predicted octanol–water partition coefficient (Wildman–Crippen LogP) is 2.57. The van der Waals surface area contributed by atoms with E-state index in [9.17, 15) is 4.79 Å². The van der Waals surface area contributed by atoms with Crippen molar-refractivity contribution in [3.8, 4) is 11.4 Å². The maximum Gasteiger partial charge on any atom is 0.186 e. The summed E-state index contributed by atoms with van der Waals surface area (Å²) in [6.07, 6.45) is 1.90. The minimum absolute atomic E-state index is 0.0660. The van der Waals surface area contributed by atoms with E-state index >= 15 is 0 Å². The van der Waals surface area contributed by atoms with E-state index in [2.05, 4.69) is 11.4 Å². The highest BCUT2D eigenvalue weighted by Gasteiger charge is 2.10. The standard InChI is InChI=1S/C17H22N2O2/c1-5-18-10-14-11-19(13(3)9-16(14)20)15-8-12(2)6-7-17(15)21-4/h6-9,11,18H,5,10H2,1-4H3. The Balaban J connectivity index is 2.58. The summed E-state index contributed by atoms with van der Waals surface area (Å²) in [7, 11) is 1.66. The first-order valence-corrected chi connectivity index (χ1v) is 7.14. The molecule has 112 valence electrons. The van der Waals surface area contributed by atoms with Gasteiger partial charge >= 0.3 is 0 Å². The molecule has 0 bridgehead atoms. The Hall–Kier alpha value is -2.07. The first-order valence-electron chi connectivity index (χ1n) is 7.14. The monoisotopic (exact) mass is 286 g/mol. The molecule has 4 heteroatoms. The molecule has 0 saturated carbocycles. The Morgan fingerprint density at radius 1 is 1.24 bits per heavy atom. The number of hydrogen-bond donors (Lipinski definition) is 1. The van der Waals surface area contributed by atoms with Crippen LogP contribution < -0.4 is 15.5 Å². The Kier molecular flexibility index (Phi) is 4.81. The van der Waals surface area contributed by atoms with Crippen LogP contribution in [0.15, 0.2) is 35.3 Å². The normalized spacial score (nSPS) is 10.7. The summed E-state index contributed by atoms with van der Waals surface area (Å²) in [6.45, 7) is 7.40. The second-order valence-corrected chi connectivity index (χ2v) is 5.13. The van der Waals surface area contributed by atoms with Crippen LogP contribution in [0, 0.1) is 13.8 Å². The zero-order valence-electron chi connectivity index (χ0n) is 13.1. The van der Waals surface area contributed by atoms with Gasteiger partial charge in [-0.1, -0.05) is 13.0 Å². The molecule has 0 atom stereocenters. The van der Waals surface area contributed by atoms with Gasteiger partial charge in [-0.3, -0.25) is 4.79 Å². The lowest BCUT2D eigenvalue weighted by molar-refractivity contribution is 0.412. The van der Waals surface area contributed by atoms with E-state index < -0.39 is 0 Å². The molecule has 0 spiro atoms. The van der Waals surface area contributed by atoms with Crippen molar-refractivity contribution in [2.75, 3.05) is 13.7 Å². The molecule has 2 rings (SSSR count). The van der Waals surface area contributed by atoms with E-state index in [-0.39, 0.29) is 5.43 Å². The Morgan fingerprint density at radius 3 is 2.67 bits per heavy atom. The van der Waals surface area contributed by atoms with Crippen LogP contribution in [-0.4, -0.2) is 18.2 Å². The minimum Gasteiger partial charge on any atom is -0.495 e. The molecule has 0 aliphatic rings. The van der Waals surface area contributed by atoms with Gasteiger partial charge in [-0.05, 0) is 38.1 Å². The van der Waals surface area contributed by atoms with Crippen molar-refractivity contribution in [3.05, 3.63) is 57.5 Å². The molecule has 1 aromatic carbocycles. The third-order valence-corrected chi connectivity index (χ3v) is 3.48. The van der Waals surface area contributed by atoms with Crippen molar-refractivity contribution in [1.29, 1.82) is 0 Å². The average Bonchev–Trinajstić information content (AvgIpc) is 2.46. The SMILES string of the molecule is CCNCc1cn(-c2cc(C)ccc2OC)c(C)cc1=O. The number of benzene rings is 1. The molecular formula is C17H22N2O2. The molecule has 4 nitrogen and oxygen atoms in total. The number of ether oxygens (including phenoxy) is 1. The van der Waals surface area contributed by atoms with Gasteiger partial charge in [-0.15, -0.1) is 0 Å². The highest BCUT2D eigenvalue weighted by atomic mass is 16.5. The fourth-order valence-corrected chi connectivity index (χ4v) is 2.31. The van der Waals surface area contributed by atoms with Gasteiger partial charge in [0.05, 0.1) is 12.8 Å². The molecule has 1 aromatic heterocycles. The number of methoxy groups -OCH3 is 1. The molecule has 0 aliphatic carbocycles. The molecule has 2 aromatic rings. The summed E-state index contributed by atoms with van der Waals surface area (Å²) in [5.41, 5.74) is 3.82. The summed E-state index contributed by atoms with van der Waals surface area (Å²) in [5.74, 6) is 0.793. The molecule has 0 radical (unpaired) electrons. The smallest absolute Gasteiger partial charge is 0.186 e. The molecule has 21 heavy (non-hydrogen) atoms. The van der Waals surface area contributed by atoms with E-state index in [0.29, 0.717) is 6.54 Å². The molecule has 0 saturated heterocycles. The maximum atomic E-state index is 12.1. The summed E-state index contributed by atoms with van der Waals surface area (Å²) >= 11 is 0. The molecular weight excluding hydrogens is 264 g/mol. The molecule has 0 fully saturated rings. The Labute approximate surface area is 125 Å². The first-order chi connectivity index (χ1) is 10.1. The van der Waals surface area contributed by atoms with Crippen LogP contribution in [0.4, 0.5) is 0 Å². The fraction of sp³-hybridized carbons (Fsp3) is 0.353. The van der Waals surface area contributed by atoms with E-state index in [4.69, 9.17) is 4.74 Å². The highest BCUT2D eigenvalue weighted by molar-refractivity contribution is 5.50. The Morgan fingerprint density at radius 2 is 2.00 bits per heavy atom. The summed E-state index contributed by atoms with van der Waals surface area (Å²) < 4.78 is 7.46. The van der Waals surface area contributed by atoms with Crippen LogP contribution >= 0.6 is 0 Å². The van der Waals surface area contributed by atoms with Gasteiger partial charge in [-0.2, -0.15) is 0 Å². The van der Waals surface area contributed by atoms with Crippen molar-refractivity contribution < 1.29 is 4.74 Å². The number of nitrogens with zero attached hydrogens (tertiary/aromatic N) is 1. The number of pyridine rings is 1. The number of nitrogens with one attached hydrogen (secondary N) is 1. The second-order valence-electron chi connectivity index (χ2n) is 5.13. The summed E-state index contributed by atoms with van der Waals surface area (Å²) in [5, 5.41) is 3.20. The molecule has 1 heterocycles. The molecule has 0 amide bonds. The van der Waals surface area contributed by atoms with Gasteiger partial charge in [0.25, 0.3) is 0 Å². The molecule has 0 unspecified atom stereocenters. The third kappa shape index (κ3) is 3.34. The van der Waals surface area contributed by atoms with E-state index in [1.165, 1.54) is 0 Å². The van der Waals surface area contributed by atoms with Crippen LogP contribution in [0.1, 0.15) is 23.7 Å². The van der Waals surface area contributed by atoms with Crippen molar-refractivity contribution in [2.45, 2.75) is 27.3 Å². The highest BCUT2D eigenvalue weighted by Crippen LogP contribution is 2.25. The lowest BCUT2D eigenvalue weighted by Gasteiger charge is -2.16. The Bertz CT molecular complexity index is 690. The zero-order valence-corrected chi connectivity index (χ0v) is 13.1. The number of rotatable bonds is 5. The predicted molar refractivity (Wildman–Crippen MR) is 85.4 cm³/mol. The van der Waals surface area contributed by atoms with Crippen molar-refractivity contribution in [2.24, 2.45) is 0 Å². The zero-order chi connectivity index (χ0) is 15.4. The first kappa shape index (κ1) is 15.3. The number of aryl methyl sites for hydroxylation is 2. The topological polar surface area (TPSA) is 43.3 Å². The van der Waals surface area contributed by atoms with Gasteiger partial charge in [0.2, 0.25) is 0 Å². The third-order valence-electron chi connectivity index (χ3n) is 3.48. The minimum atomic E-state index is 0.0660. The van der Waals surface area contributed by atoms with Gasteiger partial charge in [0, 0.05) is 30.1 Å². The van der Waals surface area contributed by atoms with Crippen molar-refractivity contribution in [1.82, 2.24) is 9.88 Å². The molecule has 1 N–H and O–H groups in total. The van der Waals surface area contributed by atoms with Crippen LogP contribution in [0.3, 0.4) is 0 Å². The van der Waals surface area contributed by atoms with Crippen LogP contribution in [-0.2, 0) is 6.54 Å². The summed E-state index contributed by atoms with van der Waals surface area (Å²) in [6, 6.07) is 7.70. The summed E-state index contributed by atoms with van der Waals surface area (Å²) in [4.78, 5) is 12.1.